The third kappa shape index (κ3) is 2.93. The summed E-state index contributed by atoms with van der Waals surface area (Å²) < 4.78 is 1.76. The molecule has 0 bridgehead atoms. The number of Topliss-reactive ketones (excluding diaryl/α,β-unsaturated/α-hetero) is 1. The minimum absolute atomic E-state index is 0.00669. The van der Waals surface area contributed by atoms with Gasteiger partial charge in [-0.1, -0.05) is 0 Å². The van der Waals surface area contributed by atoms with Crippen molar-refractivity contribution in [1.82, 2.24) is 9.78 Å². The van der Waals surface area contributed by atoms with E-state index in [-0.39, 0.29) is 5.78 Å². The molecule has 0 amide bonds. The molecule has 2 aromatic heterocycles. The average molecular weight is 296 g/mol. The first kappa shape index (κ1) is 14.0. The van der Waals surface area contributed by atoms with E-state index in [0.29, 0.717) is 17.1 Å². The predicted octanol–water partition coefficient (Wildman–Crippen LogP) is 2.60. The van der Waals surface area contributed by atoms with Crippen molar-refractivity contribution in [2.24, 2.45) is 7.05 Å². The van der Waals surface area contributed by atoms with Crippen LogP contribution in [-0.4, -0.2) is 21.8 Å². The van der Waals surface area contributed by atoms with Gasteiger partial charge < -0.3 is 11.1 Å². The van der Waals surface area contributed by atoms with Crippen LogP contribution >= 0.6 is 23.1 Å². The Labute approximate surface area is 120 Å². The SMILES string of the molecule is CSc1c(NCc2cnn(C)c2)sc(C(C)=O)c1N. The van der Waals surface area contributed by atoms with Gasteiger partial charge in [0.2, 0.25) is 0 Å². The molecular formula is C12H16N4OS2. The van der Waals surface area contributed by atoms with Crippen molar-refractivity contribution < 1.29 is 4.79 Å². The molecule has 0 radical (unpaired) electrons. The van der Waals surface area contributed by atoms with Crippen LogP contribution in [0.25, 0.3) is 0 Å². The van der Waals surface area contributed by atoms with E-state index in [1.54, 1.807) is 16.4 Å². The van der Waals surface area contributed by atoms with E-state index in [1.807, 2.05) is 25.7 Å². The maximum Gasteiger partial charge on any atom is 0.171 e. The molecule has 2 rings (SSSR count). The number of nitrogens with one attached hydrogen (secondary N) is 1. The number of aryl methyl sites for hydroxylation is 1. The lowest BCUT2D eigenvalue weighted by Gasteiger charge is -2.04. The van der Waals surface area contributed by atoms with Gasteiger partial charge in [0.25, 0.3) is 0 Å². The zero-order valence-corrected chi connectivity index (χ0v) is 12.7. The predicted molar refractivity (Wildman–Crippen MR) is 81.1 cm³/mol. The fourth-order valence-corrected chi connectivity index (χ4v) is 3.68. The molecule has 0 spiro atoms. The van der Waals surface area contributed by atoms with Crippen LogP contribution in [0.4, 0.5) is 10.7 Å². The summed E-state index contributed by atoms with van der Waals surface area (Å²) in [7, 11) is 1.88. The zero-order valence-electron chi connectivity index (χ0n) is 11.1. The van der Waals surface area contributed by atoms with Crippen molar-refractivity contribution in [3.05, 3.63) is 22.8 Å². The number of hydrogen-bond acceptors (Lipinski definition) is 6. The first-order valence-corrected chi connectivity index (χ1v) is 7.75. The van der Waals surface area contributed by atoms with Gasteiger partial charge in [0.1, 0.15) is 5.00 Å². The maximum atomic E-state index is 11.5. The molecule has 0 aliphatic rings. The van der Waals surface area contributed by atoms with E-state index >= 15 is 0 Å². The normalized spacial score (nSPS) is 10.7. The monoisotopic (exact) mass is 296 g/mol. The Morgan fingerprint density at radius 3 is 2.89 bits per heavy atom. The Hall–Kier alpha value is -1.47. The highest BCUT2D eigenvalue weighted by molar-refractivity contribution is 7.99. The summed E-state index contributed by atoms with van der Waals surface area (Å²) in [4.78, 5) is 13.1. The van der Waals surface area contributed by atoms with Crippen molar-refractivity contribution in [1.29, 1.82) is 0 Å². The molecule has 2 aromatic rings. The van der Waals surface area contributed by atoms with E-state index in [2.05, 4.69) is 10.4 Å². The summed E-state index contributed by atoms with van der Waals surface area (Å²) in [6.45, 7) is 2.20. The molecule has 0 atom stereocenters. The van der Waals surface area contributed by atoms with E-state index in [4.69, 9.17) is 5.73 Å². The summed E-state index contributed by atoms with van der Waals surface area (Å²) in [5, 5.41) is 8.38. The molecule has 3 N–H and O–H groups in total. The molecular weight excluding hydrogens is 280 g/mol. The van der Waals surface area contributed by atoms with Crippen LogP contribution in [0, 0.1) is 0 Å². The van der Waals surface area contributed by atoms with Gasteiger partial charge in [0.15, 0.2) is 5.78 Å². The number of thioether (sulfide) groups is 1. The molecule has 102 valence electrons. The van der Waals surface area contributed by atoms with Gasteiger partial charge >= 0.3 is 0 Å². The first-order chi connectivity index (χ1) is 9.02. The van der Waals surface area contributed by atoms with Crippen LogP contribution < -0.4 is 11.1 Å². The Kier molecular flexibility index (Phi) is 4.16. The van der Waals surface area contributed by atoms with E-state index in [0.717, 1.165) is 15.5 Å². The largest absolute Gasteiger partial charge is 0.396 e. The Morgan fingerprint density at radius 1 is 1.63 bits per heavy atom. The van der Waals surface area contributed by atoms with Crippen molar-refractivity contribution >= 4 is 39.6 Å². The minimum Gasteiger partial charge on any atom is -0.396 e. The second kappa shape index (κ2) is 5.66. The summed E-state index contributed by atoms with van der Waals surface area (Å²) in [6, 6.07) is 0. The Bertz CT molecular complexity index is 603. The number of carbonyl (C=O) groups is 1. The molecule has 19 heavy (non-hydrogen) atoms. The number of thiophene rings is 1. The van der Waals surface area contributed by atoms with Crippen molar-refractivity contribution in [2.45, 2.75) is 18.4 Å². The van der Waals surface area contributed by atoms with Gasteiger partial charge in [-0.25, -0.2) is 0 Å². The summed E-state index contributed by atoms with van der Waals surface area (Å²) >= 11 is 2.96. The average Bonchev–Trinajstić information content (AvgIpc) is 2.90. The lowest BCUT2D eigenvalue weighted by molar-refractivity contribution is 0.102. The van der Waals surface area contributed by atoms with Crippen LogP contribution in [0.5, 0.6) is 0 Å². The number of aromatic nitrogens is 2. The number of nitrogens with two attached hydrogens (primary N) is 1. The first-order valence-electron chi connectivity index (χ1n) is 5.71. The van der Waals surface area contributed by atoms with Gasteiger partial charge in [0.05, 0.1) is 21.7 Å². The van der Waals surface area contributed by atoms with Gasteiger partial charge in [-0.2, -0.15) is 5.10 Å². The zero-order chi connectivity index (χ0) is 14.0. The minimum atomic E-state index is 0.00669. The highest BCUT2D eigenvalue weighted by Gasteiger charge is 2.17. The second-order valence-electron chi connectivity index (χ2n) is 4.14. The Morgan fingerprint density at radius 2 is 2.37 bits per heavy atom. The molecule has 0 unspecified atom stereocenters. The molecule has 0 aliphatic heterocycles. The molecule has 2 heterocycles. The van der Waals surface area contributed by atoms with Crippen LogP contribution in [0.3, 0.4) is 0 Å². The fraction of sp³-hybridized carbons (Fsp3) is 0.333. The topological polar surface area (TPSA) is 72.9 Å². The quantitative estimate of drug-likeness (QED) is 0.655. The molecule has 0 aromatic carbocycles. The van der Waals surface area contributed by atoms with Crippen molar-refractivity contribution in [3.63, 3.8) is 0 Å². The van der Waals surface area contributed by atoms with Gasteiger partial charge in [-0.05, 0) is 6.26 Å². The molecule has 0 saturated carbocycles. The van der Waals surface area contributed by atoms with Crippen LogP contribution in [-0.2, 0) is 13.6 Å². The second-order valence-corrected chi connectivity index (χ2v) is 5.98. The number of carbonyl (C=O) groups excluding carboxylic acids is 1. The molecule has 0 saturated heterocycles. The van der Waals surface area contributed by atoms with E-state index in [9.17, 15) is 4.79 Å². The number of nitrogens with zero attached hydrogens (tertiary/aromatic N) is 2. The van der Waals surface area contributed by atoms with E-state index in [1.165, 1.54) is 18.3 Å². The van der Waals surface area contributed by atoms with Crippen molar-refractivity contribution in [2.75, 3.05) is 17.3 Å². The number of ketones is 1. The number of nitrogen functional groups attached to an aromatic ring is 1. The third-order valence-electron chi connectivity index (χ3n) is 2.63. The van der Waals surface area contributed by atoms with Crippen LogP contribution in [0.1, 0.15) is 22.2 Å². The third-order valence-corrected chi connectivity index (χ3v) is 4.86. The Balaban J connectivity index is 2.20. The molecule has 5 nitrogen and oxygen atoms in total. The van der Waals surface area contributed by atoms with E-state index < -0.39 is 0 Å². The lowest BCUT2D eigenvalue weighted by atomic mass is 10.3. The highest BCUT2D eigenvalue weighted by atomic mass is 32.2. The highest BCUT2D eigenvalue weighted by Crippen LogP contribution is 2.41. The number of anilines is 2. The maximum absolute atomic E-state index is 11.5. The lowest BCUT2D eigenvalue weighted by Crippen LogP contribution is -1.98. The smallest absolute Gasteiger partial charge is 0.171 e. The van der Waals surface area contributed by atoms with Crippen LogP contribution in [0.15, 0.2) is 17.3 Å². The fourth-order valence-electron chi connectivity index (χ4n) is 1.75. The number of hydrogen-bond donors (Lipinski definition) is 2. The van der Waals surface area contributed by atoms with Crippen LogP contribution in [0.2, 0.25) is 0 Å². The van der Waals surface area contributed by atoms with Crippen molar-refractivity contribution in [3.8, 4) is 0 Å². The summed E-state index contributed by atoms with van der Waals surface area (Å²) in [5.41, 5.74) is 7.67. The summed E-state index contributed by atoms with van der Waals surface area (Å²) in [6.07, 6.45) is 5.72. The van der Waals surface area contributed by atoms with Gasteiger partial charge in [0, 0.05) is 32.3 Å². The van der Waals surface area contributed by atoms with Gasteiger partial charge in [-0.3, -0.25) is 9.48 Å². The summed E-state index contributed by atoms with van der Waals surface area (Å²) in [5.74, 6) is 0.00669. The molecule has 0 fully saturated rings. The number of rotatable bonds is 5. The molecule has 0 aliphatic carbocycles. The van der Waals surface area contributed by atoms with Gasteiger partial charge in [-0.15, -0.1) is 23.1 Å². The standard InChI is InChI=1S/C12H16N4OS2/c1-7(17)10-9(13)11(18-3)12(19-10)14-4-8-5-15-16(2)6-8/h5-6,14H,4,13H2,1-3H3. The molecule has 7 heteroatoms.